The van der Waals surface area contributed by atoms with Gasteiger partial charge in [-0.25, -0.2) is 0 Å². The van der Waals surface area contributed by atoms with E-state index in [-0.39, 0.29) is 5.54 Å². The lowest BCUT2D eigenvalue weighted by molar-refractivity contribution is 0.0699. The highest BCUT2D eigenvalue weighted by Crippen LogP contribution is 2.31. The van der Waals surface area contributed by atoms with Gasteiger partial charge in [-0.1, -0.05) is 13.8 Å². The van der Waals surface area contributed by atoms with E-state index in [1.54, 1.807) is 0 Å². The quantitative estimate of drug-likeness (QED) is 0.757. The van der Waals surface area contributed by atoms with Crippen LogP contribution in [0.3, 0.4) is 0 Å². The van der Waals surface area contributed by atoms with Gasteiger partial charge in [-0.05, 0) is 59.2 Å². The summed E-state index contributed by atoms with van der Waals surface area (Å²) in [6.45, 7) is 10.1. The number of hydrogen-bond donors (Lipinski definition) is 1. The average Bonchev–Trinajstić information content (AvgIpc) is 2.73. The number of likely N-dealkylation sites (tertiary alicyclic amines) is 1. The summed E-state index contributed by atoms with van der Waals surface area (Å²) in [7, 11) is 4.34. The van der Waals surface area contributed by atoms with Crippen LogP contribution in [-0.4, -0.2) is 55.1 Å². The molecular formula is C15H33N3. The van der Waals surface area contributed by atoms with Crippen molar-refractivity contribution in [1.82, 2.24) is 9.80 Å². The van der Waals surface area contributed by atoms with Crippen LogP contribution in [0.15, 0.2) is 0 Å². The van der Waals surface area contributed by atoms with Gasteiger partial charge in [0.15, 0.2) is 0 Å². The van der Waals surface area contributed by atoms with Crippen molar-refractivity contribution in [3.63, 3.8) is 0 Å². The van der Waals surface area contributed by atoms with Crippen LogP contribution in [0.5, 0.6) is 0 Å². The van der Waals surface area contributed by atoms with Gasteiger partial charge in [-0.2, -0.15) is 0 Å². The standard InChI is InChI=1S/C15H33N3/c1-13(2)8-9-15(3,12-16)18-10-6-7-14(18)11-17(4)5/h13-14H,6-12,16H2,1-5H3. The molecule has 18 heavy (non-hydrogen) atoms. The molecule has 2 unspecified atom stereocenters. The molecule has 1 aliphatic rings. The lowest BCUT2D eigenvalue weighted by atomic mass is 9.89. The fourth-order valence-corrected chi connectivity index (χ4v) is 3.12. The summed E-state index contributed by atoms with van der Waals surface area (Å²) in [6.07, 6.45) is 5.16. The Labute approximate surface area is 114 Å². The molecule has 108 valence electrons. The Morgan fingerprint density at radius 3 is 2.56 bits per heavy atom. The van der Waals surface area contributed by atoms with Crippen LogP contribution in [0, 0.1) is 5.92 Å². The molecule has 1 rings (SSSR count). The maximum absolute atomic E-state index is 6.11. The second kappa shape index (κ2) is 6.88. The summed E-state index contributed by atoms with van der Waals surface area (Å²) in [6, 6.07) is 0.695. The first kappa shape index (κ1) is 15.9. The number of nitrogens with two attached hydrogens (primary N) is 1. The molecule has 0 aromatic heterocycles. The fourth-order valence-electron chi connectivity index (χ4n) is 3.12. The van der Waals surface area contributed by atoms with Crippen LogP contribution in [0.2, 0.25) is 0 Å². The van der Waals surface area contributed by atoms with Crippen LogP contribution in [0.1, 0.15) is 46.5 Å². The molecule has 2 atom stereocenters. The maximum Gasteiger partial charge on any atom is 0.0307 e. The minimum Gasteiger partial charge on any atom is -0.329 e. The van der Waals surface area contributed by atoms with E-state index in [1.807, 2.05) is 0 Å². The molecule has 1 saturated heterocycles. The largest absolute Gasteiger partial charge is 0.329 e. The van der Waals surface area contributed by atoms with Crippen molar-refractivity contribution in [3.8, 4) is 0 Å². The van der Waals surface area contributed by atoms with Gasteiger partial charge in [-0.15, -0.1) is 0 Å². The Balaban J connectivity index is 2.66. The predicted octanol–water partition coefficient (Wildman–Crippen LogP) is 2.17. The van der Waals surface area contributed by atoms with E-state index in [0.717, 1.165) is 19.0 Å². The predicted molar refractivity (Wildman–Crippen MR) is 79.8 cm³/mol. The Morgan fingerprint density at radius 2 is 2.06 bits per heavy atom. The third kappa shape index (κ3) is 4.22. The number of rotatable bonds is 7. The van der Waals surface area contributed by atoms with Crippen LogP contribution in [0.25, 0.3) is 0 Å². The summed E-state index contributed by atoms with van der Waals surface area (Å²) in [4.78, 5) is 5.00. The molecule has 3 heteroatoms. The Hall–Kier alpha value is -0.120. The molecule has 0 amide bonds. The molecule has 0 radical (unpaired) electrons. The third-order valence-electron chi connectivity index (χ3n) is 4.35. The van der Waals surface area contributed by atoms with E-state index in [0.29, 0.717) is 6.04 Å². The monoisotopic (exact) mass is 255 g/mol. The maximum atomic E-state index is 6.11. The van der Waals surface area contributed by atoms with Gasteiger partial charge in [0.1, 0.15) is 0 Å². The van der Waals surface area contributed by atoms with Crippen LogP contribution in [0.4, 0.5) is 0 Å². The highest BCUT2D eigenvalue weighted by molar-refractivity contribution is 4.95. The molecule has 0 aromatic rings. The first-order chi connectivity index (χ1) is 8.39. The number of likely N-dealkylation sites (N-methyl/N-ethyl adjacent to an activating group) is 1. The van der Waals surface area contributed by atoms with E-state index in [1.165, 1.54) is 32.2 Å². The highest BCUT2D eigenvalue weighted by Gasteiger charge is 2.38. The number of hydrogen-bond acceptors (Lipinski definition) is 3. The van der Waals surface area contributed by atoms with Crippen molar-refractivity contribution in [3.05, 3.63) is 0 Å². The zero-order chi connectivity index (χ0) is 13.8. The topological polar surface area (TPSA) is 32.5 Å². The van der Waals surface area contributed by atoms with Crippen molar-refractivity contribution >= 4 is 0 Å². The average molecular weight is 255 g/mol. The summed E-state index contributed by atoms with van der Waals surface area (Å²) < 4.78 is 0. The molecule has 1 fully saturated rings. The lowest BCUT2D eigenvalue weighted by Gasteiger charge is -2.43. The Morgan fingerprint density at radius 1 is 1.39 bits per heavy atom. The minimum atomic E-state index is 0.196. The van der Waals surface area contributed by atoms with Crippen LogP contribution >= 0.6 is 0 Å². The molecule has 0 aliphatic carbocycles. The summed E-state index contributed by atoms with van der Waals surface area (Å²) >= 11 is 0. The normalized spacial score (nSPS) is 25.0. The van der Waals surface area contributed by atoms with E-state index in [2.05, 4.69) is 44.7 Å². The van der Waals surface area contributed by atoms with Gasteiger partial charge in [0, 0.05) is 24.7 Å². The van der Waals surface area contributed by atoms with Crippen molar-refractivity contribution in [1.29, 1.82) is 0 Å². The van der Waals surface area contributed by atoms with Gasteiger partial charge in [0.05, 0.1) is 0 Å². The molecule has 1 heterocycles. The van der Waals surface area contributed by atoms with Crippen LogP contribution < -0.4 is 5.73 Å². The van der Waals surface area contributed by atoms with Crippen molar-refractivity contribution < 1.29 is 0 Å². The molecule has 0 bridgehead atoms. The number of nitrogens with zero attached hydrogens (tertiary/aromatic N) is 2. The minimum absolute atomic E-state index is 0.196. The second-order valence-corrected chi connectivity index (χ2v) is 6.89. The van der Waals surface area contributed by atoms with Crippen molar-refractivity contribution in [2.75, 3.05) is 33.7 Å². The van der Waals surface area contributed by atoms with E-state index < -0.39 is 0 Å². The fraction of sp³-hybridized carbons (Fsp3) is 1.00. The Bertz CT molecular complexity index is 240. The van der Waals surface area contributed by atoms with E-state index in [4.69, 9.17) is 5.73 Å². The van der Waals surface area contributed by atoms with Gasteiger partial charge in [-0.3, -0.25) is 4.90 Å². The molecule has 0 aromatic carbocycles. The SMILES string of the molecule is CC(C)CCC(C)(CN)N1CCCC1CN(C)C. The zero-order valence-corrected chi connectivity index (χ0v) is 13.1. The zero-order valence-electron chi connectivity index (χ0n) is 13.1. The summed E-state index contributed by atoms with van der Waals surface area (Å²) in [5.41, 5.74) is 6.31. The van der Waals surface area contributed by atoms with Gasteiger partial charge >= 0.3 is 0 Å². The first-order valence-corrected chi connectivity index (χ1v) is 7.50. The molecule has 3 nitrogen and oxygen atoms in total. The molecule has 0 saturated carbocycles. The smallest absolute Gasteiger partial charge is 0.0307 e. The van der Waals surface area contributed by atoms with Crippen molar-refractivity contribution in [2.24, 2.45) is 11.7 Å². The summed E-state index contributed by atoms with van der Waals surface area (Å²) in [5, 5.41) is 0. The summed E-state index contributed by atoms with van der Waals surface area (Å²) in [5.74, 6) is 0.769. The van der Waals surface area contributed by atoms with Crippen molar-refractivity contribution in [2.45, 2.75) is 58.0 Å². The van der Waals surface area contributed by atoms with Gasteiger partial charge in [0.2, 0.25) is 0 Å². The first-order valence-electron chi connectivity index (χ1n) is 7.50. The Kier molecular flexibility index (Phi) is 6.09. The molecule has 2 N–H and O–H groups in total. The lowest BCUT2D eigenvalue weighted by Crippen LogP contribution is -2.55. The second-order valence-electron chi connectivity index (χ2n) is 6.89. The van der Waals surface area contributed by atoms with Gasteiger partial charge < -0.3 is 10.6 Å². The van der Waals surface area contributed by atoms with Gasteiger partial charge in [0.25, 0.3) is 0 Å². The highest BCUT2D eigenvalue weighted by atomic mass is 15.3. The molecule has 1 aliphatic heterocycles. The van der Waals surface area contributed by atoms with Crippen LogP contribution in [-0.2, 0) is 0 Å². The van der Waals surface area contributed by atoms with E-state index >= 15 is 0 Å². The molecule has 0 spiro atoms. The third-order valence-corrected chi connectivity index (χ3v) is 4.35. The van der Waals surface area contributed by atoms with E-state index in [9.17, 15) is 0 Å². The molecular weight excluding hydrogens is 222 g/mol.